The van der Waals surface area contributed by atoms with Gasteiger partial charge >= 0.3 is 0 Å². The molecular weight excluding hydrogens is 210 g/mol. The number of hydrogen-bond acceptors (Lipinski definition) is 1. The molecule has 0 heterocycles. The third-order valence-corrected chi connectivity index (χ3v) is 2.07. The van der Waals surface area contributed by atoms with Crippen molar-refractivity contribution in [2.45, 2.75) is 0 Å². The van der Waals surface area contributed by atoms with Gasteiger partial charge in [0.25, 0.3) is 0 Å². The summed E-state index contributed by atoms with van der Waals surface area (Å²) < 4.78 is 7.38. The van der Waals surface area contributed by atoms with Crippen LogP contribution in [0.5, 0.6) is 0 Å². The molecule has 86 valence electrons. The predicted molar refractivity (Wildman–Crippen MR) is 68.6 cm³/mol. The molecular formula is C12H21ClNO+. The SMILES string of the molecule is C=CC[N+](CC=C)(CC=C)CC=C.OCl. The van der Waals surface area contributed by atoms with Gasteiger partial charge in [-0.2, -0.15) is 0 Å². The van der Waals surface area contributed by atoms with E-state index >= 15 is 0 Å². The normalized spacial score (nSPS) is 9.47. The lowest BCUT2D eigenvalue weighted by atomic mass is 10.3. The molecule has 0 aliphatic carbocycles. The maximum Gasteiger partial charge on any atom is 0.0978 e. The Morgan fingerprint density at radius 1 is 0.733 bits per heavy atom. The number of rotatable bonds is 8. The van der Waals surface area contributed by atoms with Crippen LogP contribution >= 0.6 is 11.9 Å². The topological polar surface area (TPSA) is 20.2 Å². The summed E-state index contributed by atoms with van der Waals surface area (Å²) in [6.07, 6.45) is 7.76. The van der Waals surface area contributed by atoms with Gasteiger partial charge in [0.15, 0.2) is 0 Å². The Balaban J connectivity index is 0. The number of hydrogen-bond donors (Lipinski definition) is 1. The summed E-state index contributed by atoms with van der Waals surface area (Å²) in [7, 11) is 0. The molecule has 0 aromatic heterocycles. The zero-order chi connectivity index (χ0) is 12.2. The van der Waals surface area contributed by atoms with Gasteiger partial charge in [-0.25, -0.2) is 0 Å². The number of nitrogens with zero attached hydrogens (tertiary/aromatic N) is 1. The first kappa shape index (κ1) is 16.6. The molecule has 0 bridgehead atoms. The summed E-state index contributed by atoms with van der Waals surface area (Å²) in [6.45, 7) is 18.8. The molecule has 0 saturated carbocycles. The van der Waals surface area contributed by atoms with Crippen LogP contribution in [0.25, 0.3) is 0 Å². The Labute approximate surface area is 98.2 Å². The molecule has 0 atom stereocenters. The van der Waals surface area contributed by atoms with Crippen molar-refractivity contribution in [2.75, 3.05) is 26.2 Å². The van der Waals surface area contributed by atoms with Gasteiger partial charge in [0.2, 0.25) is 0 Å². The first-order valence-electron chi connectivity index (χ1n) is 4.70. The third kappa shape index (κ3) is 7.14. The van der Waals surface area contributed by atoms with E-state index in [2.05, 4.69) is 38.2 Å². The Bertz CT molecular complexity index is 156. The lowest BCUT2D eigenvalue weighted by Gasteiger charge is -2.35. The predicted octanol–water partition coefficient (Wildman–Crippen LogP) is 2.68. The maximum atomic E-state index is 6.47. The molecule has 3 heteroatoms. The van der Waals surface area contributed by atoms with Crippen molar-refractivity contribution < 1.29 is 9.14 Å². The van der Waals surface area contributed by atoms with Crippen LogP contribution in [0.4, 0.5) is 0 Å². The smallest absolute Gasteiger partial charge is 0.0978 e. The summed E-state index contributed by atoms with van der Waals surface area (Å²) in [6, 6.07) is 0. The number of halogens is 1. The fourth-order valence-corrected chi connectivity index (χ4v) is 1.54. The molecule has 0 unspecified atom stereocenters. The molecule has 0 aliphatic rings. The molecule has 1 N–H and O–H groups in total. The van der Waals surface area contributed by atoms with Crippen molar-refractivity contribution in [3.63, 3.8) is 0 Å². The van der Waals surface area contributed by atoms with E-state index in [1.807, 2.05) is 24.3 Å². The molecule has 0 saturated heterocycles. The zero-order valence-electron chi connectivity index (χ0n) is 9.24. The second-order valence-corrected chi connectivity index (χ2v) is 3.23. The highest BCUT2D eigenvalue weighted by molar-refractivity contribution is 6.04. The molecule has 15 heavy (non-hydrogen) atoms. The molecule has 0 aliphatic heterocycles. The molecule has 0 rings (SSSR count). The van der Waals surface area contributed by atoms with Gasteiger partial charge < -0.3 is 4.48 Å². The Morgan fingerprint density at radius 3 is 1.07 bits per heavy atom. The summed E-state index contributed by atoms with van der Waals surface area (Å²) in [4.78, 5) is 0. The van der Waals surface area contributed by atoms with Crippen molar-refractivity contribution in [3.8, 4) is 0 Å². The quantitative estimate of drug-likeness (QED) is 0.502. The highest BCUT2D eigenvalue weighted by Crippen LogP contribution is 2.07. The van der Waals surface area contributed by atoms with Gasteiger partial charge in [-0.3, -0.25) is 4.66 Å². The highest BCUT2D eigenvalue weighted by atomic mass is 35.5. The van der Waals surface area contributed by atoms with E-state index < -0.39 is 0 Å². The van der Waals surface area contributed by atoms with E-state index in [1.165, 1.54) is 0 Å². The third-order valence-electron chi connectivity index (χ3n) is 2.07. The summed E-state index contributed by atoms with van der Waals surface area (Å²) >= 11 is 3.64. The van der Waals surface area contributed by atoms with Gasteiger partial charge in [0.1, 0.15) is 0 Å². The van der Waals surface area contributed by atoms with Crippen molar-refractivity contribution in [1.82, 2.24) is 0 Å². The molecule has 0 radical (unpaired) electrons. The molecule has 0 aromatic carbocycles. The summed E-state index contributed by atoms with van der Waals surface area (Å²) in [5.74, 6) is 0. The number of quaternary nitrogens is 1. The molecule has 0 aromatic rings. The Hall–Kier alpha value is -0.830. The van der Waals surface area contributed by atoms with E-state index in [0.29, 0.717) is 0 Å². The van der Waals surface area contributed by atoms with Crippen LogP contribution in [0.15, 0.2) is 50.6 Å². The van der Waals surface area contributed by atoms with E-state index in [4.69, 9.17) is 4.66 Å². The van der Waals surface area contributed by atoms with Crippen LogP contribution in [-0.2, 0) is 0 Å². The first-order valence-corrected chi connectivity index (χ1v) is 5.04. The molecule has 0 spiro atoms. The first-order chi connectivity index (χ1) is 7.24. The van der Waals surface area contributed by atoms with Crippen LogP contribution < -0.4 is 0 Å². The van der Waals surface area contributed by atoms with Gasteiger partial charge in [0, 0.05) is 0 Å². The van der Waals surface area contributed by atoms with Crippen LogP contribution in [0.1, 0.15) is 0 Å². The van der Waals surface area contributed by atoms with Crippen LogP contribution in [0, 0.1) is 0 Å². The van der Waals surface area contributed by atoms with Crippen molar-refractivity contribution in [3.05, 3.63) is 50.6 Å². The lowest BCUT2D eigenvalue weighted by molar-refractivity contribution is -0.906. The van der Waals surface area contributed by atoms with Crippen molar-refractivity contribution >= 4 is 11.9 Å². The van der Waals surface area contributed by atoms with Crippen molar-refractivity contribution in [1.29, 1.82) is 0 Å². The van der Waals surface area contributed by atoms with Crippen molar-refractivity contribution in [2.24, 2.45) is 0 Å². The Kier molecular flexibility index (Phi) is 12.4. The van der Waals surface area contributed by atoms with Gasteiger partial charge in [-0.1, -0.05) is 26.3 Å². The van der Waals surface area contributed by atoms with E-state index in [9.17, 15) is 0 Å². The minimum Gasteiger partial charge on any atom is -0.311 e. The molecule has 0 fully saturated rings. The van der Waals surface area contributed by atoms with E-state index in [1.54, 1.807) is 0 Å². The average molecular weight is 231 g/mol. The van der Waals surface area contributed by atoms with Gasteiger partial charge in [-0.15, -0.1) is 0 Å². The highest BCUT2D eigenvalue weighted by Gasteiger charge is 2.20. The lowest BCUT2D eigenvalue weighted by Crippen LogP contribution is -2.48. The average Bonchev–Trinajstić information content (AvgIpc) is 2.22. The largest absolute Gasteiger partial charge is 0.311 e. The van der Waals surface area contributed by atoms with Gasteiger partial charge in [-0.05, 0) is 24.3 Å². The molecule has 0 amide bonds. The fourth-order valence-electron chi connectivity index (χ4n) is 1.54. The van der Waals surface area contributed by atoms with E-state index in [0.717, 1.165) is 30.7 Å². The zero-order valence-corrected chi connectivity index (χ0v) is 9.99. The minimum absolute atomic E-state index is 0.903. The van der Waals surface area contributed by atoms with Crippen LogP contribution in [-0.4, -0.2) is 35.3 Å². The fraction of sp³-hybridized carbons (Fsp3) is 0.333. The maximum absolute atomic E-state index is 6.47. The Morgan fingerprint density at radius 2 is 0.933 bits per heavy atom. The summed E-state index contributed by atoms with van der Waals surface area (Å²) in [5.41, 5.74) is 0. The van der Waals surface area contributed by atoms with Crippen LogP contribution in [0.2, 0.25) is 0 Å². The second kappa shape index (κ2) is 11.2. The minimum atomic E-state index is 0.903. The van der Waals surface area contributed by atoms with Gasteiger partial charge in [0.05, 0.1) is 38.0 Å². The van der Waals surface area contributed by atoms with Crippen LogP contribution in [0.3, 0.4) is 0 Å². The monoisotopic (exact) mass is 230 g/mol. The molecule has 2 nitrogen and oxygen atoms in total. The van der Waals surface area contributed by atoms with E-state index in [-0.39, 0.29) is 0 Å². The second-order valence-electron chi connectivity index (χ2n) is 3.23. The standard InChI is InChI=1S/C12H20N.ClHO/c1-5-9-13(10-6-2,11-7-3)12-8-4;1-2/h5-8H,1-4,9-12H2;2H/q+1;. The summed E-state index contributed by atoms with van der Waals surface area (Å²) in [5, 5.41) is 0.